The first-order chi connectivity index (χ1) is 16.6. The summed E-state index contributed by atoms with van der Waals surface area (Å²) in [5.74, 6) is 1.82. The minimum atomic E-state index is -0.440. The van der Waals surface area contributed by atoms with E-state index >= 15 is 0 Å². The fourth-order valence-corrected chi connectivity index (χ4v) is 4.96. The summed E-state index contributed by atoms with van der Waals surface area (Å²) in [6, 6.07) is 5.34. The average Bonchev–Trinajstić information content (AvgIpc) is 3.25. The molecule has 1 aromatic heterocycles. The third-order valence-corrected chi connectivity index (χ3v) is 6.91. The van der Waals surface area contributed by atoms with Gasteiger partial charge in [0, 0.05) is 30.4 Å². The van der Waals surface area contributed by atoms with Crippen molar-refractivity contribution < 1.29 is 9.13 Å². The number of nitrogens with one attached hydrogen (secondary N) is 4. The van der Waals surface area contributed by atoms with Crippen LogP contribution < -0.4 is 26.0 Å². The summed E-state index contributed by atoms with van der Waals surface area (Å²) in [4.78, 5) is 13.9. The smallest absolute Gasteiger partial charge is 0.233 e. The molecular weight excluding hydrogens is 433 g/mol. The van der Waals surface area contributed by atoms with Crippen molar-refractivity contribution in [3.63, 3.8) is 0 Å². The molecule has 0 radical (unpaired) electrons. The van der Waals surface area contributed by atoms with Crippen LogP contribution >= 0.6 is 0 Å². The van der Waals surface area contributed by atoms with Gasteiger partial charge < -0.3 is 26.0 Å². The summed E-state index contributed by atoms with van der Waals surface area (Å²) in [5.41, 5.74) is 0.551. The zero-order valence-corrected chi connectivity index (χ0v) is 20.4. The zero-order valence-electron chi connectivity index (χ0n) is 20.4. The molecule has 0 amide bonds. The Labute approximate surface area is 201 Å². The molecule has 1 aliphatic carbocycles. The molecule has 2 aromatic rings. The van der Waals surface area contributed by atoms with Gasteiger partial charge >= 0.3 is 0 Å². The number of hydrogen-bond donors (Lipinski definition) is 4. The Morgan fingerprint density at radius 2 is 1.79 bits per heavy atom. The Bertz CT molecular complexity index is 914. The van der Waals surface area contributed by atoms with Crippen molar-refractivity contribution in [2.45, 2.75) is 76.8 Å². The van der Waals surface area contributed by atoms with Crippen LogP contribution in [0.4, 0.5) is 27.9 Å². The summed E-state index contributed by atoms with van der Waals surface area (Å²) in [6.07, 6.45) is 11.0. The fourth-order valence-electron chi connectivity index (χ4n) is 4.96. The van der Waals surface area contributed by atoms with E-state index in [1.165, 1.54) is 58.1 Å². The van der Waals surface area contributed by atoms with Gasteiger partial charge in [-0.05, 0) is 56.7 Å². The molecule has 8 nitrogen and oxygen atoms in total. The summed E-state index contributed by atoms with van der Waals surface area (Å²) in [6.45, 7) is 4.06. The molecule has 1 saturated heterocycles. The van der Waals surface area contributed by atoms with Crippen LogP contribution in [0.3, 0.4) is 0 Å². The van der Waals surface area contributed by atoms with Crippen LogP contribution in [-0.2, 0) is 0 Å². The standard InChI is InChI=1S/C25H38FN7O/c1-3-20(21-11-8-14-27-21)30-25-32-23(28-16-17-9-6-4-5-7-10-17)31-24(33-25)29-18-12-13-22(34-2)19(26)15-18/h12-13,15,17,20-21,27H,3-11,14,16H2,1-2H3,(H3,28,29,30,31,32,33). The predicted octanol–water partition coefficient (Wildman–Crippen LogP) is 5.09. The lowest BCUT2D eigenvalue weighted by Gasteiger charge is -2.24. The summed E-state index contributed by atoms with van der Waals surface area (Å²) in [7, 11) is 1.45. The zero-order chi connectivity index (χ0) is 23.8. The maximum absolute atomic E-state index is 14.2. The number of methoxy groups -OCH3 is 1. The molecule has 1 aromatic carbocycles. The summed E-state index contributed by atoms with van der Waals surface area (Å²) < 4.78 is 19.2. The van der Waals surface area contributed by atoms with E-state index < -0.39 is 5.82 Å². The number of ether oxygens (including phenoxy) is 1. The van der Waals surface area contributed by atoms with Gasteiger partial charge in [-0.2, -0.15) is 15.0 Å². The number of nitrogens with zero attached hydrogens (tertiary/aromatic N) is 3. The Morgan fingerprint density at radius 3 is 2.47 bits per heavy atom. The molecule has 4 N–H and O–H groups in total. The van der Waals surface area contributed by atoms with E-state index in [1.54, 1.807) is 12.1 Å². The highest BCUT2D eigenvalue weighted by Crippen LogP contribution is 2.25. The Morgan fingerprint density at radius 1 is 1.03 bits per heavy atom. The maximum Gasteiger partial charge on any atom is 0.233 e. The van der Waals surface area contributed by atoms with Crippen LogP contribution in [0.2, 0.25) is 0 Å². The van der Waals surface area contributed by atoms with Gasteiger partial charge in [-0.3, -0.25) is 0 Å². The third kappa shape index (κ3) is 6.68. The van der Waals surface area contributed by atoms with Gasteiger partial charge in [0.25, 0.3) is 0 Å². The van der Waals surface area contributed by atoms with Gasteiger partial charge in [-0.15, -0.1) is 0 Å². The molecule has 2 fully saturated rings. The molecule has 0 spiro atoms. The van der Waals surface area contributed by atoms with E-state index in [2.05, 4.69) is 43.1 Å². The van der Waals surface area contributed by atoms with Crippen molar-refractivity contribution >= 4 is 23.5 Å². The molecule has 1 saturated carbocycles. The van der Waals surface area contributed by atoms with E-state index in [4.69, 9.17) is 4.74 Å². The predicted molar refractivity (Wildman–Crippen MR) is 134 cm³/mol. The second kappa shape index (κ2) is 12.1. The van der Waals surface area contributed by atoms with Crippen molar-refractivity contribution in [2.75, 3.05) is 36.1 Å². The Kier molecular flexibility index (Phi) is 8.73. The van der Waals surface area contributed by atoms with Gasteiger partial charge in [-0.25, -0.2) is 4.39 Å². The van der Waals surface area contributed by atoms with Gasteiger partial charge in [0.15, 0.2) is 11.6 Å². The second-order valence-electron chi connectivity index (χ2n) is 9.38. The largest absolute Gasteiger partial charge is 0.494 e. The van der Waals surface area contributed by atoms with Crippen LogP contribution in [0.15, 0.2) is 18.2 Å². The van der Waals surface area contributed by atoms with Crippen LogP contribution in [-0.4, -0.2) is 47.2 Å². The van der Waals surface area contributed by atoms with Gasteiger partial charge in [0.1, 0.15) is 0 Å². The number of rotatable bonds is 10. The van der Waals surface area contributed by atoms with E-state index in [0.29, 0.717) is 35.5 Å². The third-order valence-electron chi connectivity index (χ3n) is 6.91. The highest BCUT2D eigenvalue weighted by atomic mass is 19.1. The van der Waals surface area contributed by atoms with Crippen molar-refractivity contribution in [3.8, 4) is 5.75 Å². The molecule has 34 heavy (non-hydrogen) atoms. The first-order valence-corrected chi connectivity index (χ1v) is 12.7. The molecule has 2 aliphatic rings. The van der Waals surface area contributed by atoms with Crippen molar-refractivity contribution in [1.29, 1.82) is 0 Å². The first kappa shape index (κ1) is 24.4. The van der Waals surface area contributed by atoms with Gasteiger partial charge in [0.05, 0.1) is 7.11 Å². The van der Waals surface area contributed by atoms with E-state index in [1.807, 2.05) is 0 Å². The monoisotopic (exact) mass is 471 g/mol. The molecule has 1 aliphatic heterocycles. The van der Waals surface area contributed by atoms with E-state index in [0.717, 1.165) is 25.9 Å². The number of anilines is 4. The Balaban J connectivity index is 1.52. The number of hydrogen-bond acceptors (Lipinski definition) is 8. The first-order valence-electron chi connectivity index (χ1n) is 12.7. The maximum atomic E-state index is 14.2. The summed E-state index contributed by atoms with van der Waals surface area (Å²) in [5, 5.41) is 13.7. The van der Waals surface area contributed by atoms with E-state index in [-0.39, 0.29) is 11.8 Å². The quantitative estimate of drug-likeness (QED) is 0.356. The van der Waals surface area contributed by atoms with Crippen molar-refractivity contribution in [2.24, 2.45) is 5.92 Å². The number of aromatic nitrogens is 3. The number of halogens is 1. The fraction of sp³-hybridized carbons (Fsp3) is 0.640. The highest BCUT2D eigenvalue weighted by molar-refractivity contribution is 5.57. The normalized spacial score (nSPS) is 19.9. The molecule has 2 unspecified atom stereocenters. The van der Waals surface area contributed by atoms with Crippen LogP contribution in [0, 0.1) is 11.7 Å². The molecule has 0 bridgehead atoms. The van der Waals surface area contributed by atoms with Crippen LogP contribution in [0.1, 0.15) is 64.7 Å². The van der Waals surface area contributed by atoms with Crippen LogP contribution in [0.5, 0.6) is 5.75 Å². The average molecular weight is 472 g/mol. The van der Waals surface area contributed by atoms with E-state index in [9.17, 15) is 4.39 Å². The van der Waals surface area contributed by atoms with Gasteiger partial charge in [-0.1, -0.05) is 32.6 Å². The van der Waals surface area contributed by atoms with Gasteiger partial charge in [0.2, 0.25) is 17.8 Å². The van der Waals surface area contributed by atoms with Crippen LogP contribution in [0.25, 0.3) is 0 Å². The molecule has 186 valence electrons. The number of benzene rings is 1. The lowest BCUT2D eigenvalue weighted by atomic mass is 10.0. The van der Waals surface area contributed by atoms with Crippen molar-refractivity contribution in [1.82, 2.24) is 20.3 Å². The molecule has 4 rings (SSSR count). The molecule has 2 atom stereocenters. The second-order valence-corrected chi connectivity index (χ2v) is 9.38. The molecule has 9 heteroatoms. The topological polar surface area (TPSA) is 96.0 Å². The SMILES string of the molecule is CCC(Nc1nc(NCC2CCCCCC2)nc(Nc2ccc(OC)c(F)c2)n1)C1CCCN1. The summed E-state index contributed by atoms with van der Waals surface area (Å²) >= 11 is 0. The molecule has 2 heterocycles. The lowest BCUT2D eigenvalue weighted by molar-refractivity contribution is 0.386. The highest BCUT2D eigenvalue weighted by Gasteiger charge is 2.24. The lowest BCUT2D eigenvalue weighted by Crippen LogP contribution is -2.40. The van der Waals surface area contributed by atoms with Crippen molar-refractivity contribution in [3.05, 3.63) is 24.0 Å². The Hall–Kier alpha value is -2.68. The minimum Gasteiger partial charge on any atom is -0.494 e. The minimum absolute atomic E-state index is 0.198. The molecular formula is C25H38FN7O.